The van der Waals surface area contributed by atoms with E-state index < -0.39 is 124 Å². The van der Waals surface area contributed by atoms with E-state index in [2.05, 4.69) is 0 Å². The molecule has 38 heteroatoms. The first-order valence-electron chi connectivity index (χ1n) is 12.3. The van der Waals surface area contributed by atoms with Crippen molar-refractivity contribution in [1.82, 2.24) is 0 Å². The van der Waals surface area contributed by atoms with E-state index in [4.69, 9.17) is 0 Å². The fourth-order valence-electron chi connectivity index (χ4n) is 3.81. The van der Waals surface area contributed by atoms with Crippen LogP contribution in [0.4, 0.5) is 140 Å². The number of carbonyl (C=O) groups excluding carboxylic acids is 6. The number of hydrogen-bond donors (Lipinski definition) is 0. The van der Waals surface area contributed by atoms with E-state index in [0.29, 0.717) is 0 Å². The van der Waals surface area contributed by atoms with Crippen molar-refractivity contribution in [3.63, 3.8) is 0 Å². The Morgan fingerprint density at radius 3 is 0.542 bits per heavy atom. The highest BCUT2D eigenvalue weighted by Crippen LogP contribution is 2.61. The van der Waals surface area contributed by atoms with Gasteiger partial charge in [0.05, 0.1) is 0 Å². The van der Waals surface area contributed by atoms with Crippen molar-refractivity contribution in [3.05, 3.63) is 0 Å². The zero-order chi connectivity index (χ0) is 49.0. The molecule has 0 amide bonds. The smallest absolute Gasteiger partial charge is 0.288 e. The third kappa shape index (κ3) is 7.07. The molecular formula is C21F32O6. The molecule has 0 saturated carbocycles. The second kappa shape index (κ2) is 13.9. The van der Waals surface area contributed by atoms with Gasteiger partial charge in [-0.15, -0.1) is 0 Å². The Bertz CT molecular complexity index is 1740. The van der Waals surface area contributed by atoms with Crippen LogP contribution >= 0.6 is 0 Å². The highest BCUT2D eigenvalue weighted by molar-refractivity contribution is 6.16. The maximum Gasteiger partial charge on any atom is 0.454 e. The van der Waals surface area contributed by atoms with Crippen LogP contribution in [0.5, 0.6) is 0 Å². The number of ketones is 5. The average Bonchev–Trinajstić information content (AvgIpc) is 3.00. The Labute approximate surface area is 294 Å². The highest BCUT2D eigenvalue weighted by atomic mass is 19.4. The van der Waals surface area contributed by atoms with Gasteiger partial charge in [0.15, 0.2) is 0 Å². The largest absolute Gasteiger partial charge is 0.454 e. The number of rotatable bonds is 14. The van der Waals surface area contributed by atoms with Crippen LogP contribution in [0, 0.1) is 0 Å². The summed E-state index contributed by atoms with van der Waals surface area (Å²) in [6.45, 7) is 0. The summed E-state index contributed by atoms with van der Waals surface area (Å²) in [6.07, 6.45) is -53.0. The van der Waals surface area contributed by atoms with Crippen molar-refractivity contribution in [2.24, 2.45) is 0 Å². The van der Waals surface area contributed by atoms with Gasteiger partial charge in [0, 0.05) is 0 Å². The monoisotopic (exact) mass is 956 g/mol. The minimum Gasteiger partial charge on any atom is -0.288 e. The molecule has 0 N–H and O–H groups in total. The van der Waals surface area contributed by atoms with E-state index in [0.717, 1.165) is 0 Å². The molecular weight excluding hydrogens is 956 g/mol. The molecule has 0 radical (unpaired) electrons. The van der Waals surface area contributed by atoms with Crippen LogP contribution in [0.1, 0.15) is 0 Å². The Morgan fingerprint density at radius 1 is 0.237 bits per heavy atom. The van der Waals surface area contributed by atoms with Gasteiger partial charge >= 0.3 is 95.1 Å². The van der Waals surface area contributed by atoms with E-state index >= 15 is 4.39 Å². The third-order valence-corrected chi connectivity index (χ3v) is 6.92. The number of Topliss-reactive ketones (excluding diaryl/α,β-unsaturated/α-hetero) is 5. The predicted octanol–water partition coefficient (Wildman–Crippen LogP) is 7.78. The number of hydrogen-bond acceptors (Lipinski definition) is 6. The van der Waals surface area contributed by atoms with E-state index in [1.807, 2.05) is 0 Å². The maximum atomic E-state index is 15.0. The minimum atomic E-state index is -9.95. The fraction of sp³-hybridized carbons (Fsp3) is 0.714. The number of halogens is 32. The molecule has 0 heterocycles. The lowest BCUT2D eigenvalue weighted by atomic mass is 9.72. The van der Waals surface area contributed by atoms with Gasteiger partial charge in [0.25, 0.3) is 28.9 Å². The molecule has 0 fully saturated rings. The molecule has 6 nitrogen and oxygen atoms in total. The third-order valence-electron chi connectivity index (χ3n) is 6.92. The van der Waals surface area contributed by atoms with Crippen molar-refractivity contribution in [2.75, 3.05) is 0 Å². The number of carbonyl (C=O) groups is 6. The van der Waals surface area contributed by atoms with E-state index in [1.165, 1.54) is 0 Å². The van der Waals surface area contributed by atoms with Gasteiger partial charge < -0.3 is 0 Å². The standard InChI is InChI=1S/C21F32O6/c22-6(59)7(23,17(39,40)41)1(54)12(28,29)8(24,18(42,43)44)2(55)13(30,31)9(25,19(45,46)47)3(56)14(32,33)10(26,20(48,49)50)4(57)15(34,35)11(27,21(51,52)53)5(58)16(36,37)38. The zero-order valence-corrected chi connectivity index (χ0v) is 25.0. The molecule has 0 aliphatic carbocycles. The molecule has 0 aliphatic rings. The SMILES string of the molecule is O=C(F)C(F)(C(=O)C(F)(F)C(F)(C(=O)C(F)(F)C(F)(C(=O)C(F)(F)C(F)(C(=O)C(F)(F)C(F)(C(=O)C(F)(F)F)C(F)(F)F)C(F)(F)F)C(F)(F)F)C(F)(F)F)C(F)(F)F. The lowest BCUT2D eigenvalue weighted by Gasteiger charge is -2.43. The average molecular weight is 956 g/mol. The van der Waals surface area contributed by atoms with Crippen molar-refractivity contribution in [1.29, 1.82) is 0 Å². The number of alkyl halides is 31. The Hall–Kier alpha value is -4.22. The molecule has 0 spiro atoms. The van der Waals surface area contributed by atoms with Crippen LogP contribution in [0.25, 0.3) is 0 Å². The molecule has 0 aromatic heterocycles. The summed E-state index contributed by atoms with van der Waals surface area (Å²) >= 11 is 0. The zero-order valence-electron chi connectivity index (χ0n) is 25.0. The van der Waals surface area contributed by atoms with Crippen molar-refractivity contribution < 1.29 is 169 Å². The minimum absolute atomic E-state index is 5.48. The molecule has 0 rings (SSSR count). The molecule has 0 aromatic carbocycles. The van der Waals surface area contributed by atoms with E-state index in [1.54, 1.807) is 0 Å². The van der Waals surface area contributed by atoms with Gasteiger partial charge in [0.1, 0.15) is 0 Å². The Morgan fingerprint density at radius 2 is 0.407 bits per heavy atom. The summed E-state index contributed by atoms with van der Waals surface area (Å²) in [6, 6.07) is -5.48. The molecule has 5 unspecified atom stereocenters. The quantitative estimate of drug-likeness (QED) is 0.100. The van der Waals surface area contributed by atoms with Crippen molar-refractivity contribution in [3.8, 4) is 0 Å². The first-order valence-corrected chi connectivity index (χ1v) is 12.3. The first kappa shape index (κ1) is 54.8. The molecule has 0 saturated heterocycles. The first-order chi connectivity index (χ1) is 25.0. The molecule has 344 valence electrons. The molecule has 5 atom stereocenters. The van der Waals surface area contributed by atoms with Crippen LogP contribution < -0.4 is 0 Å². The summed E-state index contributed by atoms with van der Waals surface area (Å²) in [4.78, 5) is 67.4. The maximum absolute atomic E-state index is 15.0. The fourth-order valence-corrected chi connectivity index (χ4v) is 3.81. The summed E-state index contributed by atoms with van der Waals surface area (Å²) < 4.78 is 437. The lowest BCUT2D eigenvalue weighted by molar-refractivity contribution is -0.328. The van der Waals surface area contributed by atoms with Crippen LogP contribution in [-0.4, -0.2) is 124 Å². The van der Waals surface area contributed by atoms with Crippen LogP contribution in [0.2, 0.25) is 0 Å². The topological polar surface area (TPSA) is 102 Å². The summed E-state index contributed by atoms with van der Waals surface area (Å²) in [5, 5.41) is 0. The Balaban J connectivity index is 8.72. The van der Waals surface area contributed by atoms with Gasteiger partial charge in [-0.2, -0.15) is 119 Å². The van der Waals surface area contributed by atoms with Crippen molar-refractivity contribution >= 4 is 35.0 Å². The van der Waals surface area contributed by atoms with Gasteiger partial charge in [-0.3, -0.25) is 28.8 Å². The van der Waals surface area contributed by atoms with Gasteiger partial charge in [-0.1, -0.05) is 0 Å². The van der Waals surface area contributed by atoms with Gasteiger partial charge in [-0.05, 0) is 0 Å². The summed E-state index contributed by atoms with van der Waals surface area (Å²) in [7, 11) is 0. The summed E-state index contributed by atoms with van der Waals surface area (Å²) in [5.74, 6) is -72.2. The normalized spacial score (nSPS) is 19.9. The van der Waals surface area contributed by atoms with Crippen LogP contribution in [0.3, 0.4) is 0 Å². The van der Waals surface area contributed by atoms with Gasteiger partial charge in [-0.25, -0.2) is 22.0 Å². The van der Waals surface area contributed by atoms with Crippen LogP contribution in [-0.2, 0) is 28.8 Å². The van der Waals surface area contributed by atoms with Gasteiger partial charge in [0.2, 0.25) is 0 Å². The second-order valence-electron chi connectivity index (χ2n) is 10.5. The summed E-state index contributed by atoms with van der Waals surface area (Å²) in [5.41, 5.74) is -46.6. The van der Waals surface area contributed by atoms with E-state index in [9.17, 15) is 165 Å². The lowest BCUT2D eigenvalue weighted by Crippen LogP contribution is -2.79. The molecule has 0 bridgehead atoms. The molecule has 0 aromatic rings. The van der Waals surface area contributed by atoms with E-state index in [-0.39, 0.29) is 0 Å². The Kier molecular flexibility index (Phi) is 12.9. The second-order valence-corrected chi connectivity index (χ2v) is 10.5. The molecule has 0 aliphatic heterocycles. The van der Waals surface area contributed by atoms with Crippen LogP contribution in [0.15, 0.2) is 0 Å². The predicted molar refractivity (Wildman–Crippen MR) is 106 cm³/mol. The molecule has 59 heavy (non-hydrogen) atoms. The highest BCUT2D eigenvalue weighted by Gasteiger charge is 2.96. The van der Waals surface area contributed by atoms with Crippen molar-refractivity contribution in [2.45, 2.75) is 89.1 Å².